The number of benzene rings is 1. The van der Waals surface area contributed by atoms with Crippen LogP contribution in [-0.4, -0.2) is 31.1 Å². The van der Waals surface area contributed by atoms with Crippen molar-refractivity contribution in [2.45, 2.75) is 12.5 Å². The summed E-state index contributed by atoms with van der Waals surface area (Å²) >= 11 is 0. The van der Waals surface area contributed by atoms with E-state index in [1.807, 2.05) is 7.05 Å². The summed E-state index contributed by atoms with van der Waals surface area (Å²) < 4.78 is 26.2. The maximum Gasteiger partial charge on any atom is 0.151 e. The molecule has 1 saturated heterocycles. The van der Waals surface area contributed by atoms with Crippen LogP contribution in [-0.2, 0) is 0 Å². The van der Waals surface area contributed by atoms with Gasteiger partial charge in [0.05, 0.1) is 11.4 Å². The van der Waals surface area contributed by atoms with E-state index in [2.05, 4.69) is 10.2 Å². The van der Waals surface area contributed by atoms with Gasteiger partial charge < -0.3 is 16.0 Å². The molecule has 1 aliphatic heterocycles. The Morgan fingerprint density at radius 2 is 2.19 bits per heavy atom. The van der Waals surface area contributed by atoms with Gasteiger partial charge in [0.2, 0.25) is 0 Å². The molecule has 16 heavy (non-hydrogen) atoms. The van der Waals surface area contributed by atoms with E-state index in [9.17, 15) is 8.78 Å². The Balaban J connectivity index is 2.15. The molecule has 0 aromatic heterocycles. The van der Waals surface area contributed by atoms with Crippen molar-refractivity contribution in [1.29, 1.82) is 0 Å². The van der Waals surface area contributed by atoms with Crippen molar-refractivity contribution in [1.82, 2.24) is 4.90 Å². The highest BCUT2D eigenvalue weighted by Gasteiger charge is 2.20. The Morgan fingerprint density at radius 3 is 2.81 bits per heavy atom. The Hall–Kier alpha value is -1.36. The third-order valence-electron chi connectivity index (χ3n) is 2.85. The van der Waals surface area contributed by atoms with Crippen LogP contribution in [0.5, 0.6) is 0 Å². The van der Waals surface area contributed by atoms with Gasteiger partial charge in [-0.05, 0) is 26.1 Å². The minimum atomic E-state index is -0.714. The molecule has 88 valence electrons. The van der Waals surface area contributed by atoms with Gasteiger partial charge in [0.1, 0.15) is 5.82 Å². The lowest BCUT2D eigenvalue weighted by Crippen LogP contribution is -2.24. The van der Waals surface area contributed by atoms with E-state index in [4.69, 9.17) is 5.73 Å². The fourth-order valence-electron chi connectivity index (χ4n) is 1.98. The van der Waals surface area contributed by atoms with Crippen molar-refractivity contribution in [2.24, 2.45) is 0 Å². The van der Waals surface area contributed by atoms with Gasteiger partial charge >= 0.3 is 0 Å². The SMILES string of the molecule is CN1CCC(Nc2cc(F)cc(F)c2N)C1. The number of anilines is 2. The van der Waals surface area contributed by atoms with Gasteiger partial charge in [0.15, 0.2) is 5.82 Å². The summed E-state index contributed by atoms with van der Waals surface area (Å²) in [5, 5.41) is 3.07. The third-order valence-corrected chi connectivity index (χ3v) is 2.85. The molecule has 1 aliphatic rings. The topological polar surface area (TPSA) is 41.3 Å². The summed E-state index contributed by atoms with van der Waals surface area (Å²) in [7, 11) is 2.01. The Bertz CT molecular complexity index is 395. The highest BCUT2D eigenvalue weighted by Crippen LogP contribution is 2.25. The monoisotopic (exact) mass is 227 g/mol. The lowest BCUT2D eigenvalue weighted by molar-refractivity contribution is 0.414. The van der Waals surface area contributed by atoms with Crippen LogP contribution in [0.1, 0.15) is 6.42 Å². The quantitative estimate of drug-likeness (QED) is 0.755. The molecule has 1 unspecified atom stereocenters. The number of likely N-dealkylation sites (tertiary alicyclic amines) is 1. The van der Waals surface area contributed by atoms with Crippen LogP contribution in [0.25, 0.3) is 0 Å². The first kappa shape index (κ1) is 11.1. The molecule has 1 fully saturated rings. The molecule has 1 heterocycles. The Kier molecular flexibility index (Phi) is 2.96. The lowest BCUT2D eigenvalue weighted by atomic mass is 10.2. The fraction of sp³-hybridized carbons (Fsp3) is 0.455. The van der Waals surface area contributed by atoms with Crippen molar-refractivity contribution >= 4 is 11.4 Å². The molecule has 5 heteroatoms. The first-order valence-electron chi connectivity index (χ1n) is 5.26. The number of halogens is 2. The van der Waals surface area contributed by atoms with Gasteiger partial charge in [-0.1, -0.05) is 0 Å². The van der Waals surface area contributed by atoms with E-state index in [1.54, 1.807) is 0 Å². The molecule has 0 radical (unpaired) electrons. The van der Waals surface area contributed by atoms with Gasteiger partial charge in [0, 0.05) is 18.7 Å². The number of hydrogen-bond donors (Lipinski definition) is 2. The molecule has 0 saturated carbocycles. The molecule has 3 N–H and O–H groups in total. The van der Waals surface area contributed by atoms with Crippen LogP contribution in [0.2, 0.25) is 0 Å². The van der Waals surface area contributed by atoms with Crippen LogP contribution in [0.4, 0.5) is 20.2 Å². The zero-order chi connectivity index (χ0) is 11.7. The van der Waals surface area contributed by atoms with Crippen molar-refractivity contribution in [3.63, 3.8) is 0 Å². The van der Waals surface area contributed by atoms with Gasteiger partial charge in [-0.25, -0.2) is 8.78 Å². The predicted octanol–water partition coefficient (Wildman–Crippen LogP) is 1.66. The largest absolute Gasteiger partial charge is 0.395 e. The van der Waals surface area contributed by atoms with Gasteiger partial charge in [-0.3, -0.25) is 0 Å². The first-order chi connectivity index (χ1) is 7.56. The van der Waals surface area contributed by atoms with Crippen molar-refractivity contribution in [3.8, 4) is 0 Å². The van der Waals surface area contributed by atoms with Crippen molar-refractivity contribution in [2.75, 3.05) is 31.2 Å². The molecule has 1 aromatic carbocycles. The number of nitrogen functional groups attached to an aromatic ring is 1. The first-order valence-corrected chi connectivity index (χ1v) is 5.26. The summed E-state index contributed by atoms with van der Waals surface area (Å²) in [5.74, 6) is -1.32. The van der Waals surface area contributed by atoms with Gasteiger partial charge in [-0.2, -0.15) is 0 Å². The molecule has 0 bridgehead atoms. The summed E-state index contributed by atoms with van der Waals surface area (Å²) in [6, 6.07) is 2.23. The molecule has 0 aliphatic carbocycles. The number of nitrogens with zero attached hydrogens (tertiary/aromatic N) is 1. The van der Waals surface area contributed by atoms with Crippen LogP contribution < -0.4 is 11.1 Å². The number of nitrogens with two attached hydrogens (primary N) is 1. The predicted molar refractivity (Wildman–Crippen MR) is 60.3 cm³/mol. The molecule has 2 rings (SSSR count). The van der Waals surface area contributed by atoms with Crippen LogP contribution >= 0.6 is 0 Å². The second-order valence-corrected chi connectivity index (χ2v) is 4.24. The number of likely N-dealkylation sites (N-methyl/N-ethyl adjacent to an activating group) is 1. The van der Waals surface area contributed by atoms with E-state index in [0.717, 1.165) is 25.6 Å². The van der Waals surface area contributed by atoms with E-state index >= 15 is 0 Å². The molecule has 1 aromatic rings. The summed E-state index contributed by atoms with van der Waals surface area (Å²) in [6.45, 7) is 1.84. The molecule has 1 atom stereocenters. The maximum atomic E-state index is 13.2. The summed E-state index contributed by atoms with van der Waals surface area (Å²) in [5.41, 5.74) is 5.87. The molecule has 3 nitrogen and oxygen atoms in total. The average molecular weight is 227 g/mol. The molecule has 0 spiro atoms. The molecular weight excluding hydrogens is 212 g/mol. The van der Waals surface area contributed by atoms with Crippen molar-refractivity contribution < 1.29 is 8.78 Å². The van der Waals surface area contributed by atoms with E-state index in [-0.39, 0.29) is 11.7 Å². The van der Waals surface area contributed by atoms with E-state index in [1.165, 1.54) is 6.07 Å². The Morgan fingerprint density at radius 1 is 1.44 bits per heavy atom. The van der Waals surface area contributed by atoms with E-state index in [0.29, 0.717) is 5.69 Å². The number of nitrogens with one attached hydrogen (secondary N) is 1. The fourth-order valence-corrected chi connectivity index (χ4v) is 1.98. The van der Waals surface area contributed by atoms with Gasteiger partial charge in [0.25, 0.3) is 0 Å². The van der Waals surface area contributed by atoms with Crippen LogP contribution in [0.15, 0.2) is 12.1 Å². The highest BCUT2D eigenvalue weighted by molar-refractivity contribution is 5.67. The minimum absolute atomic E-state index is 0.0176. The maximum absolute atomic E-state index is 13.2. The summed E-state index contributed by atoms with van der Waals surface area (Å²) in [6.07, 6.45) is 0.952. The number of hydrogen-bond acceptors (Lipinski definition) is 3. The van der Waals surface area contributed by atoms with Gasteiger partial charge in [-0.15, -0.1) is 0 Å². The highest BCUT2D eigenvalue weighted by atomic mass is 19.1. The third kappa shape index (κ3) is 2.24. The Labute approximate surface area is 93.2 Å². The average Bonchev–Trinajstić information content (AvgIpc) is 2.60. The molecular formula is C11H15F2N3. The second-order valence-electron chi connectivity index (χ2n) is 4.24. The van der Waals surface area contributed by atoms with Crippen LogP contribution in [0, 0.1) is 11.6 Å². The minimum Gasteiger partial charge on any atom is -0.395 e. The van der Waals surface area contributed by atoms with Crippen LogP contribution in [0.3, 0.4) is 0 Å². The summed E-state index contributed by atoms with van der Waals surface area (Å²) in [4.78, 5) is 2.16. The van der Waals surface area contributed by atoms with Crippen molar-refractivity contribution in [3.05, 3.63) is 23.8 Å². The molecule has 0 amide bonds. The smallest absolute Gasteiger partial charge is 0.151 e. The normalized spacial score (nSPS) is 21.3. The number of rotatable bonds is 2. The zero-order valence-electron chi connectivity index (χ0n) is 9.13. The lowest BCUT2D eigenvalue weighted by Gasteiger charge is -2.16. The zero-order valence-corrected chi connectivity index (χ0v) is 9.13. The second kappa shape index (κ2) is 4.25. The standard InChI is InChI=1S/C11H15F2N3/c1-16-3-2-8(6-16)15-10-5-7(12)4-9(13)11(10)14/h4-5,8,15H,2-3,6,14H2,1H3. The van der Waals surface area contributed by atoms with E-state index < -0.39 is 11.6 Å².